The number of methoxy groups -OCH3 is 2. The SMILES string of the molecule is CCOc1ccc(S(=O)(=O)Nc2cc(OC)c(OC)cc2C(=O)Nc2ccccc2F)cc1. The summed E-state index contributed by atoms with van der Waals surface area (Å²) in [5, 5.41) is 2.44. The Morgan fingerprint density at radius 1 is 0.939 bits per heavy atom. The molecule has 0 heterocycles. The molecule has 0 saturated carbocycles. The summed E-state index contributed by atoms with van der Waals surface area (Å²) in [6, 6.07) is 14.1. The number of sulfonamides is 1. The van der Waals surface area contributed by atoms with Crippen LogP contribution in [-0.4, -0.2) is 35.2 Å². The minimum atomic E-state index is -4.08. The first-order chi connectivity index (χ1) is 15.8. The second kappa shape index (κ2) is 10.2. The molecular weight excluding hydrogens is 451 g/mol. The van der Waals surface area contributed by atoms with Gasteiger partial charge in [0.1, 0.15) is 11.6 Å². The van der Waals surface area contributed by atoms with E-state index in [2.05, 4.69) is 10.0 Å². The van der Waals surface area contributed by atoms with Crippen LogP contribution in [0.15, 0.2) is 65.6 Å². The van der Waals surface area contributed by atoms with Crippen molar-refractivity contribution in [3.8, 4) is 17.2 Å². The number of nitrogens with one attached hydrogen (secondary N) is 2. The second-order valence-electron chi connectivity index (χ2n) is 6.70. The van der Waals surface area contributed by atoms with Crippen LogP contribution in [0.4, 0.5) is 15.8 Å². The van der Waals surface area contributed by atoms with Gasteiger partial charge in [-0.15, -0.1) is 0 Å². The molecule has 0 bridgehead atoms. The Kier molecular flexibility index (Phi) is 7.39. The summed E-state index contributed by atoms with van der Waals surface area (Å²) < 4.78 is 58.2. The lowest BCUT2D eigenvalue weighted by molar-refractivity contribution is 0.102. The molecular formula is C23H23FN2O6S. The third-order valence-electron chi connectivity index (χ3n) is 4.58. The molecule has 0 fully saturated rings. The lowest BCUT2D eigenvalue weighted by atomic mass is 10.1. The highest BCUT2D eigenvalue weighted by atomic mass is 32.2. The van der Waals surface area contributed by atoms with Gasteiger partial charge in [0.05, 0.1) is 42.7 Å². The van der Waals surface area contributed by atoms with Gasteiger partial charge in [-0.1, -0.05) is 12.1 Å². The Labute approximate surface area is 191 Å². The number of benzene rings is 3. The number of anilines is 2. The van der Waals surface area contributed by atoms with Gasteiger partial charge in [-0.25, -0.2) is 12.8 Å². The van der Waals surface area contributed by atoms with Crippen LogP contribution in [0.1, 0.15) is 17.3 Å². The van der Waals surface area contributed by atoms with Gasteiger partial charge < -0.3 is 19.5 Å². The minimum absolute atomic E-state index is 0.0406. The molecule has 3 aromatic carbocycles. The molecule has 10 heteroatoms. The van der Waals surface area contributed by atoms with Gasteiger partial charge in [-0.05, 0) is 49.4 Å². The molecule has 1 amide bonds. The first-order valence-corrected chi connectivity index (χ1v) is 11.3. The largest absolute Gasteiger partial charge is 0.494 e. The first-order valence-electron chi connectivity index (χ1n) is 9.86. The van der Waals surface area contributed by atoms with Crippen molar-refractivity contribution in [2.45, 2.75) is 11.8 Å². The van der Waals surface area contributed by atoms with Crippen molar-refractivity contribution >= 4 is 27.3 Å². The third-order valence-corrected chi connectivity index (χ3v) is 5.96. The third kappa shape index (κ3) is 5.53. The van der Waals surface area contributed by atoms with Crippen LogP contribution in [0.5, 0.6) is 17.2 Å². The van der Waals surface area contributed by atoms with Crippen LogP contribution in [0, 0.1) is 5.82 Å². The molecule has 2 N–H and O–H groups in total. The van der Waals surface area contributed by atoms with Crippen LogP contribution in [0.2, 0.25) is 0 Å². The van der Waals surface area contributed by atoms with E-state index in [0.29, 0.717) is 12.4 Å². The van der Waals surface area contributed by atoms with E-state index in [1.807, 2.05) is 6.92 Å². The van der Waals surface area contributed by atoms with Crippen molar-refractivity contribution in [3.05, 3.63) is 72.0 Å². The van der Waals surface area contributed by atoms with Crippen LogP contribution in [0.3, 0.4) is 0 Å². The number of para-hydroxylation sites is 1. The van der Waals surface area contributed by atoms with E-state index < -0.39 is 21.7 Å². The van der Waals surface area contributed by atoms with E-state index in [9.17, 15) is 17.6 Å². The summed E-state index contributed by atoms with van der Waals surface area (Å²) in [4.78, 5) is 12.9. The standard InChI is InChI=1S/C23H23FN2O6S/c1-4-32-15-9-11-16(12-10-15)33(28,29)26-20-14-22(31-3)21(30-2)13-17(20)23(27)25-19-8-6-5-7-18(19)24/h5-14,26H,4H2,1-3H3,(H,25,27). The molecule has 33 heavy (non-hydrogen) atoms. The maximum Gasteiger partial charge on any atom is 0.261 e. The zero-order valence-corrected chi connectivity index (χ0v) is 19.0. The van der Waals surface area contributed by atoms with Crippen LogP contribution < -0.4 is 24.2 Å². The Balaban J connectivity index is 2.00. The van der Waals surface area contributed by atoms with Crippen molar-refractivity contribution in [1.82, 2.24) is 0 Å². The molecule has 0 atom stereocenters. The predicted molar refractivity (Wildman–Crippen MR) is 122 cm³/mol. The number of hydrogen-bond donors (Lipinski definition) is 2. The summed E-state index contributed by atoms with van der Waals surface area (Å²) in [6.07, 6.45) is 0. The summed E-state index contributed by atoms with van der Waals surface area (Å²) in [5.74, 6) is -0.467. The van der Waals surface area contributed by atoms with Crippen molar-refractivity contribution < 1.29 is 31.8 Å². The molecule has 8 nitrogen and oxygen atoms in total. The molecule has 0 aliphatic heterocycles. The Hall–Kier alpha value is -3.79. The topological polar surface area (TPSA) is 103 Å². The summed E-state index contributed by atoms with van der Waals surface area (Å²) in [7, 11) is -1.33. The number of hydrogen-bond acceptors (Lipinski definition) is 6. The average molecular weight is 475 g/mol. The molecule has 0 radical (unpaired) electrons. The molecule has 0 unspecified atom stereocenters. The number of halogens is 1. The fraction of sp³-hybridized carbons (Fsp3) is 0.174. The molecule has 0 saturated heterocycles. The fourth-order valence-electron chi connectivity index (χ4n) is 2.99. The zero-order valence-electron chi connectivity index (χ0n) is 18.2. The molecule has 3 aromatic rings. The lowest BCUT2D eigenvalue weighted by Crippen LogP contribution is -2.19. The van der Waals surface area contributed by atoms with Gasteiger partial charge >= 0.3 is 0 Å². The quantitative estimate of drug-likeness (QED) is 0.480. The first kappa shape index (κ1) is 23.9. The molecule has 174 valence electrons. The summed E-state index contributed by atoms with van der Waals surface area (Å²) >= 11 is 0. The van der Waals surface area contributed by atoms with Gasteiger partial charge in [-0.2, -0.15) is 0 Å². The Morgan fingerprint density at radius 3 is 2.18 bits per heavy atom. The highest BCUT2D eigenvalue weighted by Gasteiger charge is 2.23. The van der Waals surface area contributed by atoms with Crippen molar-refractivity contribution in [3.63, 3.8) is 0 Å². The zero-order chi connectivity index (χ0) is 24.0. The lowest BCUT2D eigenvalue weighted by Gasteiger charge is -2.17. The van der Waals surface area contributed by atoms with Crippen LogP contribution in [0.25, 0.3) is 0 Å². The van der Waals surface area contributed by atoms with Crippen molar-refractivity contribution in [2.24, 2.45) is 0 Å². The molecule has 0 aliphatic rings. The highest BCUT2D eigenvalue weighted by Crippen LogP contribution is 2.35. The Bertz CT molecular complexity index is 1250. The molecule has 0 spiro atoms. The number of carbonyl (C=O) groups excluding carboxylic acids is 1. The maximum absolute atomic E-state index is 14.0. The van der Waals surface area contributed by atoms with Crippen molar-refractivity contribution in [1.29, 1.82) is 0 Å². The van der Waals surface area contributed by atoms with Gasteiger partial charge in [0.15, 0.2) is 11.5 Å². The van der Waals surface area contributed by atoms with E-state index in [0.717, 1.165) is 0 Å². The second-order valence-corrected chi connectivity index (χ2v) is 8.38. The van der Waals surface area contributed by atoms with Crippen molar-refractivity contribution in [2.75, 3.05) is 30.9 Å². The number of ether oxygens (including phenoxy) is 3. The average Bonchev–Trinajstić information content (AvgIpc) is 2.80. The van der Waals surface area contributed by atoms with E-state index in [1.165, 1.54) is 68.8 Å². The number of carbonyl (C=O) groups is 1. The number of amides is 1. The van der Waals surface area contributed by atoms with Crippen LogP contribution >= 0.6 is 0 Å². The summed E-state index contributed by atoms with van der Waals surface area (Å²) in [5.41, 5.74) is -0.224. The molecule has 0 aliphatic carbocycles. The van der Waals surface area contributed by atoms with E-state index in [-0.39, 0.29) is 33.3 Å². The monoisotopic (exact) mass is 474 g/mol. The van der Waals surface area contributed by atoms with Gasteiger partial charge in [0, 0.05) is 6.07 Å². The number of rotatable bonds is 9. The van der Waals surface area contributed by atoms with Gasteiger partial charge in [0.2, 0.25) is 0 Å². The van der Waals surface area contributed by atoms with E-state index in [1.54, 1.807) is 6.07 Å². The van der Waals surface area contributed by atoms with E-state index >= 15 is 0 Å². The van der Waals surface area contributed by atoms with Gasteiger partial charge in [-0.3, -0.25) is 9.52 Å². The smallest absolute Gasteiger partial charge is 0.261 e. The van der Waals surface area contributed by atoms with E-state index in [4.69, 9.17) is 14.2 Å². The molecule has 0 aromatic heterocycles. The van der Waals surface area contributed by atoms with Crippen LogP contribution in [-0.2, 0) is 10.0 Å². The summed E-state index contributed by atoms with van der Waals surface area (Å²) in [6.45, 7) is 2.26. The van der Waals surface area contributed by atoms with Gasteiger partial charge in [0.25, 0.3) is 15.9 Å². The minimum Gasteiger partial charge on any atom is -0.494 e. The Morgan fingerprint density at radius 2 is 1.58 bits per heavy atom. The fourth-order valence-corrected chi connectivity index (χ4v) is 4.06. The highest BCUT2D eigenvalue weighted by molar-refractivity contribution is 7.92. The normalized spacial score (nSPS) is 10.9. The maximum atomic E-state index is 14.0. The molecule has 3 rings (SSSR count). The predicted octanol–water partition coefficient (Wildman–Crippen LogP) is 4.29.